The Bertz CT molecular complexity index is 510. The molecule has 0 bridgehead atoms. The van der Waals surface area contributed by atoms with Gasteiger partial charge in [-0.25, -0.2) is 9.78 Å². The van der Waals surface area contributed by atoms with Crippen molar-refractivity contribution in [3.63, 3.8) is 0 Å². The highest BCUT2D eigenvalue weighted by Crippen LogP contribution is 2.25. The molecule has 0 amide bonds. The van der Waals surface area contributed by atoms with Gasteiger partial charge in [0.05, 0.1) is 12.1 Å². The summed E-state index contributed by atoms with van der Waals surface area (Å²) in [5, 5.41) is 0.498. The van der Waals surface area contributed by atoms with Crippen molar-refractivity contribution in [2.45, 2.75) is 13.5 Å². The predicted octanol–water partition coefficient (Wildman–Crippen LogP) is 2.90. The van der Waals surface area contributed by atoms with Crippen LogP contribution >= 0.6 is 11.3 Å². The minimum Gasteiger partial charge on any atom is -0.477 e. The Kier molecular flexibility index (Phi) is 4.30. The van der Waals surface area contributed by atoms with Crippen molar-refractivity contribution >= 4 is 17.3 Å². The van der Waals surface area contributed by atoms with Gasteiger partial charge >= 0.3 is 5.97 Å². The molecule has 0 N–H and O–H groups in total. The first kappa shape index (κ1) is 12.6. The lowest BCUT2D eigenvalue weighted by atomic mass is 10.2. The summed E-state index contributed by atoms with van der Waals surface area (Å²) in [6.07, 6.45) is 0. The number of hydrogen-bond donors (Lipinski definition) is 0. The summed E-state index contributed by atoms with van der Waals surface area (Å²) in [5.41, 5.74) is 2.87. The second kappa shape index (κ2) is 6.16. The maximum absolute atomic E-state index is 11.6. The first-order valence-electron chi connectivity index (χ1n) is 5.58. The van der Waals surface area contributed by atoms with Gasteiger partial charge in [0.2, 0.25) is 10.8 Å². The highest BCUT2D eigenvalue weighted by Gasteiger charge is 2.17. The maximum atomic E-state index is 11.6. The van der Waals surface area contributed by atoms with Crippen molar-refractivity contribution in [2.24, 2.45) is 0 Å². The molecule has 0 aliphatic heterocycles. The average molecular weight is 263 g/mol. The van der Waals surface area contributed by atoms with Gasteiger partial charge in [-0.05, 0) is 12.5 Å². The first-order chi connectivity index (χ1) is 8.81. The van der Waals surface area contributed by atoms with Crippen molar-refractivity contribution in [1.82, 2.24) is 4.98 Å². The summed E-state index contributed by atoms with van der Waals surface area (Å²) < 4.78 is 10.5. The number of nitrogens with zero attached hydrogens (tertiary/aromatic N) is 1. The Labute approximate surface area is 109 Å². The fourth-order valence-electron chi connectivity index (χ4n) is 1.40. The van der Waals surface area contributed by atoms with Crippen LogP contribution in [0.1, 0.15) is 23.0 Å². The van der Waals surface area contributed by atoms with E-state index in [2.05, 4.69) is 4.98 Å². The summed E-state index contributed by atoms with van der Waals surface area (Å²) in [7, 11) is 0. The molecule has 18 heavy (non-hydrogen) atoms. The van der Waals surface area contributed by atoms with Gasteiger partial charge in [0, 0.05) is 0 Å². The van der Waals surface area contributed by atoms with Gasteiger partial charge in [-0.15, -0.1) is 0 Å². The van der Waals surface area contributed by atoms with E-state index >= 15 is 0 Å². The molecule has 0 aliphatic carbocycles. The van der Waals surface area contributed by atoms with Crippen LogP contribution in [0.4, 0.5) is 0 Å². The zero-order valence-electron chi connectivity index (χ0n) is 9.96. The Morgan fingerprint density at radius 1 is 1.33 bits per heavy atom. The van der Waals surface area contributed by atoms with Gasteiger partial charge < -0.3 is 9.47 Å². The number of aromatic nitrogens is 1. The molecule has 2 aromatic rings. The van der Waals surface area contributed by atoms with E-state index in [1.54, 1.807) is 12.4 Å². The number of hydrogen-bond acceptors (Lipinski definition) is 5. The Morgan fingerprint density at radius 3 is 2.83 bits per heavy atom. The molecule has 94 valence electrons. The molecule has 4 nitrogen and oxygen atoms in total. The number of rotatable bonds is 5. The van der Waals surface area contributed by atoms with E-state index < -0.39 is 5.97 Å². The zero-order chi connectivity index (χ0) is 12.8. The number of carbonyl (C=O) groups is 1. The lowest BCUT2D eigenvalue weighted by Gasteiger charge is -2.05. The molecule has 1 aromatic carbocycles. The van der Waals surface area contributed by atoms with Crippen LogP contribution < -0.4 is 4.74 Å². The molecule has 0 spiro atoms. The van der Waals surface area contributed by atoms with E-state index in [-0.39, 0.29) is 5.69 Å². The molecule has 0 fully saturated rings. The summed E-state index contributed by atoms with van der Waals surface area (Å²) >= 11 is 1.29. The zero-order valence-corrected chi connectivity index (χ0v) is 10.8. The number of esters is 1. The lowest BCUT2D eigenvalue weighted by Crippen LogP contribution is -2.07. The number of carbonyl (C=O) groups excluding carboxylic acids is 1. The number of thiazole rings is 1. The third-order valence-corrected chi connectivity index (χ3v) is 2.95. The van der Waals surface area contributed by atoms with Crippen LogP contribution in [0.25, 0.3) is 0 Å². The standard InChI is InChI=1S/C13H13NO3S/c1-2-16-12(15)11-13(18-9-14-11)17-8-10-6-4-3-5-7-10/h3-7,9H,2,8H2,1H3. The largest absolute Gasteiger partial charge is 0.477 e. The third kappa shape index (κ3) is 3.07. The molecule has 5 heteroatoms. The fraction of sp³-hybridized carbons (Fsp3) is 0.231. The van der Waals surface area contributed by atoms with E-state index in [0.717, 1.165) is 5.56 Å². The van der Waals surface area contributed by atoms with Gasteiger partial charge in [0.15, 0.2) is 0 Å². The average Bonchev–Trinajstić information content (AvgIpc) is 2.86. The van der Waals surface area contributed by atoms with Crippen molar-refractivity contribution in [3.8, 4) is 5.06 Å². The molecule has 0 aliphatic rings. The van der Waals surface area contributed by atoms with Crippen LogP contribution in [0.3, 0.4) is 0 Å². The SMILES string of the molecule is CCOC(=O)c1ncsc1OCc1ccccc1. The summed E-state index contributed by atoms with van der Waals surface area (Å²) in [4.78, 5) is 15.5. The minimum atomic E-state index is -0.443. The summed E-state index contributed by atoms with van der Waals surface area (Å²) in [6, 6.07) is 9.76. The Morgan fingerprint density at radius 2 is 2.11 bits per heavy atom. The molecule has 1 aromatic heterocycles. The van der Waals surface area contributed by atoms with Crippen LogP contribution in [0.5, 0.6) is 5.06 Å². The molecule has 2 rings (SSSR count). The van der Waals surface area contributed by atoms with E-state index in [1.165, 1.54) is 11.3 Å². The Balaban J connectivity index is 2.02. The fourth-order valence-corrected chi connectivity index (χ4v) is 2.02. The normalized spacial score (nSPS) is 10.1. The van der Waals surface area contributed by atoms with Gasteiger partial charge in [0.1, 0.15) is 6.61 Å². The van der Waals surface area contributed by atoms with Crippen molar-refractivity contribution in [3.05, 3.63) is 47.1 Å². The van der Waals surface area contributed by atoms with Gasteiger partial charge in [-0.3, -0.25) is 0 Å². The van der Waals surface area contributed by atoms with E-state index in [0.29, 0.717) is 18.3 Å². The summed E-state index contributed by atoms with van der Waals surface area (Å²) in [5.74, 6) is -0.443. The minimum absolute atomic E-state index is 0.248. The quantitative estimate of drug-likeness (QED) is 0.778. The van der Waals surface area contributed by atoms with Crippen LogP contribution in [0.15, 0.2) is 35.8 Å². The monoisotopic (exact) mass is 263 g/mol. The van der Waals surface area contributed by atoms with Crippen LogP contribution in [0.2, 0.25) is 0 Å². The van der Waals surface area contributed by atoms with Crippen molar-refractivity contribution in [2.75, 3.05) is 6.61 Å². The molecule has 0 atom stereocenters. The van der Waals surface area contributed by atoms with Gasteiger partial charge in [-0.1, -0.05) is 41.7 Å². The molecule has 0 saturated carbocycles. The maximum Gasteiger partial charge on any atom is 0.361 e. The van der Waals surface area contributed by atoms with Crippen molar-refractivity contribution < 1.29 is 14.3 Å². The molecule has 0 saturated heterocycles. The molecule has 1 heterocycles. The first-order valence-corrected chi connectivity index (χ1v) is 6.46. The second-order valence-corrected chi connectivity index (χ2v) is 4.30. The topological polar surface area (TPSA) is 48.4 Å². The molecular formula is C13H13NO3S. The second-order valence-electron chi connectivity index (χ2n) is 3.48. The van der Waals surface area contributed by atoms with Gasteiger partial charge in [0.25, 0.3) is 0 Å². The van der Waals surface area contributed by atoms with Gasteiger partial charge in [-0.2, -0.15) is 0 Å². The predicted molar refractivity (Wildman–Crippen MR) is 68.8 cm³/mol. The summed E-state index contributed by atoms with van der Waals surface area (Å²) in [6.45, 7) is 2.50. The smallest absolute Gasteiger partial charge is 0.361 e. The molecule has 0 radical (unpaired) electrons. The van der Waals surface area contributed by atoms with E-state index in [9.17, 15) is 4.79 Å². The third-order valence-electron chi connectivity index (χ3n) is 2.22. The number of benzene rings is 1. The Hall–Kier alpha value is -1.88. The highest BCUT2D eigenvalue weighted by atomic mass is 32.1. The van der Waals surface area contributed by atoms with Crippen LogP contribution in [0, 0.1) is 0 Å². The molecular weight excluding hydrogens is 250 g/mol. The van der Waals surface area contributed by atoms with Crippen LogP contribution in [-0.2, 0) is 11.3 Å². The van der Waals surface area contributed by atoms with Crippen LogP contribution in [-0.4, -0.2) is 17.6 Å². The molecule has 0 unspecified atom stereocenters. The van der Waals surface area contributed by atoms with Crippen molar-refractivity contribution in [1.29, 1.82) is 0 Å². The van der Waals surface area contributed by atoms with E-state index in [4.69, 9.17) is 9.47 Å². The van der Waals surface area contributed by atoms with E-state index in [1.807, 2.05) is 30.3 Å². The number of ether oxygens (including phenoxy) is 2. The lowest BCUT2D eigenvalue weighted by molar-refractivity contribution is 0.0515. The highest BCUT2D eigenvalue weighted by molar-refractivity contribution is 7.11.